The van der Waals surface area contributed by atoms with Gasteiger partial charge in [-0.05, 0) is 44.5 Å². The number of carbonyl (C=O) groups excluding carboxylic acids is 1. The fourth-order valence-electron chi connectivity index (χ4n) is 2.77. The average molecular weight is 316 g/mol. The summed E-state index contributed by atoms with van der Waals surface area (Å²) in [4.78, 5) is 23.2. The van der Waals surface area contributed by atoms with Crippen LogP contribution in [-0.2, 0) is 4.79 Å². The zero-order chi connectivity index (χ0) is 16.2. The van der Waals surface area contributed by atoms with E-state index in [4.69, 9.17) is 9.15 Å². The first-order chi connectivity index (χ1) is 11.1. The third-order valence-electron chi connectivity index (χ3n) is 4.07. The molecule has 2 aromatic rings. The quantitative estimate of drug-likeness (QED) is 0.834. The normalized spacial score (nSPS) is 21.1. The molecule has 0 aliphatic carbocycles. The van der Waals surface area contributed by atoms with Crippen molar-refractivity contribution in [2.45, 2.75) is 31.8 Å². The Morgan fingerprint density at radius 3 is 3.04 bits per heavy atom. The molecule has 0 radical (unpaired) electrons. The number of piperidine rings is 1. The largest absolute Gasteiger partial charge is 0.484 e. The summed E-state index contributed by atoms with van der Waals surface area (Å²) >= 11 is 0. The number of nitrogens with one attached hydrogen (secondary N) is 2. The molecular formula is C17H20N2O4. The van der Waals surface area contributed by atoms with Crippen LogP contribution in [0.3, 0.4) is 0 Å². The van der Waals surface area contributed by atoms with E-state index in [2.05, 4.69) is 17.6 Å². The van der Waals surface area contributed by atoms with Crippen molar-refractivity contribution in [2.75, 3.05) is 13.2 Å². The Balaban J connectivity index is 1.59. The first-order valence-electron chi connectivity index (χ1n) is 7.81. The van der Waals surface area contributed by atoms with Gasteiger partial charge in [-0.25, -0.2) is 4.79 Å². The van der Waals surface area contributed by atoms with Gasteiger partial charge < -0.3 is 19.8 Å². The highest BCUT2D eigenvalue weighted by Crippen LogP contribution is 2.19. The zero-order valence-corrected chi connectivity index (χ0v) is 13.0. The Morgan fingerprint density at radius 1 is 1.39 bits per heavy atom. The number of hydrogen-bond donors (Lipinski definition) is 2. The molecule has 0 bridgehead atoms. The van der Waals surface area contributed by atoms with E-state index in [9.17, 15) is 9.59 Å². The number of fused-ring (bicyclic) bond motifs is 1. The molecule has 1 amide bonds. The van der Waals surface area contributed by atoms with Gasteiger partial charge in [-0.15, -0.1) is 0 Å². The van der Waals surface area contributed by atoms with Crippen molar-refractivity contribution in [3.05, 3.63) is 40.8 Å². The van der Waals surface area contributed by atoms with Gasteiger partial charge >= 0.3 is 5.63 Å². The predicted octanol–water partition coefficient (Wildman–Crippen LogP) is 1.43. The molecule has 2 N–H and O–H groups in total. The van der Waals surface area contributed by atoms with Crippen molar-refractivity contribution >= 4 is 16.9 Å². The fraction of sp³-hybridized carbons (Fsp3) is 0.412. The van der Waals surface area contributed by atoms with Gasteiger partial charge in [0.25, 0.3) is 5.91 Å². The van der Waals surface area contributed by atoms with Crippen molar-refractivity contribution in [3.63, 3.8) is 0 Å². The number of ether oxygens (including phenoxy) is 1. The van der Waals surface area contributed by atoms with Crippen LogP contribution in [0.15, 0.2) is 39.5 Å². The van der Waals surface area contributed by atoms with Crippen LogP contribution in [0.2, 0.25) is 0 Å². The third-order valence-corrected chi connectivity index (χ3v) is 4.07. The first kappa shape index (κ1) is 15.6. The maximum Gasteiger partial charge on any atom is 0.336 e. The van der Waals surface area contributed by atoms with Gasteiger partial charge in [0.15, 0.2) is 6.61 Å². The monoisotopic (exact) mass is 316 g/mol. The molecule has 2 heterocycles. The Morgan fingerprint density at radius 2 is 2.22 bits per heavy atom. The minimum atomic E-state index is -0.411. The summed E-state index contributed by atoms with van der Waals surface area (Å²) in [6, 6.07) is 8.62. The number of amides is 1. The number of rotatable bonds is 4. The Bertz CT molecular complexity index is 756. The molecule has 122 valence electrons. The maximum absolute atomic E-state index is 12.0. The highest BCUT2D eigenvalue weighted by molar-refractivity contribution is 5.79. The Labute approximate surface area is 133 Å². The Hall–Kier alpha value is -2.34. The SMILES string of the molecule is CC1NCCCC1NC(=O)COc1ccc2ccc(=O)oc2c1. The van der Waals surface area contributed by atoms with Gasteiger partial charge in [-0.3, -0.25) is 4.79 Å². The van der Waals surface area contributed by atoms with Crippen LogP contribution in [0, 0.1) is 0 Å². The number of carbonyl (C=O) groups is 1. The Kier molecular flexibility index (Phi) is 4.62. The minimum absolute atomic E-state index is 0.0637. The van der Waals surface area contributed by atoms with Crippen molar-refractivity contribution in [3.8, 4) is 5.75 Å². The molecule has 1 aliphatic heterocycles. The van der Waals surface area contributed by atoms with E-state index in [1.807, 2.05) is 0 Å². The van der Waals surface area contributed by atoms with E-state index in [1.165, 1.54) is 6.07 Å². The van der Waals surface area contributed by atoms with Gasteiger partial charge in [-0.2, -0.15) is 0 Å². The van der Waals surface area contributed by atoms with E-state index >= 15 is 0 Å². The first-order valence-corrected chi connectivity index (χ1v) is 7.81. The third kappa shape index (κ3) is 3.90. The van der Waals surface area contributed by atoms with Gasteiger partial charge in [0.1, 0.15) is 11.3 Å². The molecular weight excluding hydrogens is 296 g/mol. The van der Waals surface area contributed by atoms with Crippen LogP contribution in [0.4, 0.5) is 0 Å². The van der Waals surface area contributed by atoms with Crippen molar-refractivity contribution in [1.82, 2.24) is 10.6 Å². The molecule has 6 nitrogen and oxygen atoms in total. The highest BCUT2D eigenvalue weighted by Gasteiger charge is 2.22. The van der Waals surface area contributed by atoms with Crippen molar-refractivity contribution in [1.29, 1.82) is 0 Å². The average Bonchev–Trinajstić information content (AvgIpc) is 2.54. The summed E-state index contributed by atoms with van der Waals surface area (Å²) in [5, 5.41) is 7.13. The summed E-state index contributed by atoms with van der Waals surface area (Å²) in [6.07, 6.45) is 2.03. The van der Waals surface area contributed by atoms with E-state index in [0.717, 1.165) is 24.8 Å². The maximum atomic E-state index is 12.0. The predicted molar refractivity (Wildman–Crippen MR) is 86.6 cm³/mol. The minimum Gasteiger partial charge on any atom is -0.484 e. The van der Waals surface area contributed by atoms with Crippen LogP contribution in [0.1, 0.15) is 19.8 Å². The molecule has 1 saturated heterocycles. The lowest BCUT2D eigenvalue weighted by molar-refractivity contribution is -0.124. The highest BCUT2D eigenvalue weighted by atomic mass is 16.5. The molecule has 0 saturated carbocycles. The smallest absolute Gasteiger partial charge is 0.336 e. The second kappa shape index (κ2) is 6.83. The van der Waals surface area contributed by atoms with Gasteiger partial charge in [0, 0.05) is 29.6 Å². The summed E-state index contributed by atoms with van der Waals surface area (Å²) < 4.78 is 10.6. The van der Waals surface area contributed by atoms with Crippen LogP contribution in [-0.4, -0.2) is 31.1 Å². The van der Waals surface area contributed by atoms with E-state index in [-0.39, 0.29) is 24.6 Å². The van der Waals surface area contributed by atoms with Crippen molar-refractivity contribution < 1.29 is 13.9 Å². The molecule has 2 atom stereocenters. The van der Waals surface area contributed by atoms with Crippen LogP contribution in [0.5, 0.6) is 5.75 Å². The molecule has 3 rings (SSSR count). The fourth-order valence-corrected chi connectivity index (χ4v) is 2.77. The van der Waals surface area contributed by atoms with E-state index in [0.29, 0.717) is 11.3 Å². The molecule has 1 fully saturated rings. The second-order valence-electron chi connectivity index (χ2n) is 5.80. The zero-order valence-electron chi connectivity index (χ0n) is 13.0. The van der Waals surface area contributed by atoms with Crippen LogP contribution in [0.25, 0.3) is 11.0 Å². The number of benzene rings is 1. The van der Waals surface area contributed by atoms with Crippen LogP contribution >= 0.6 is 0 Å². The van der Waals surface area contributed by atoms with Gasteiger partial charge in [0.2, 0.25) is 0 Å². The summed E-state index contributed by atoms with van der Waals surface area (Å²) in [5.41, 5.74) is 0.0340. The summed E-state index contributed by atoms with van der Waals surface area (Å²) in [6.45, 7) is 2.99. The molecule has 0 spiro atoms. The van der Waals surface area contributed by atoms with Crippen LogP contribution < -0.4 is 21.0 Å². The molecule has 1 aromatic heterocycles. The summed E-state index contributed by atoms with van der Waals surface area (Å²) in [5.74, 6) is 0.344. The lowest BCUT2D eigenvalue weighted by Gasteiger charge is -2.30. The molecule has 6 heteroatoms. The topological polar surface area (TPSA) is 80.6 Å². The van der Waals surface area contributed by atoms with Gasteiger partial charge in [0.05, 0.1) is 0 Å². The molecule has 2 unspecified atom stereocenters. The second-order valence-corrected chi connectivity index (χ2v) is 5.80. The van der Waals surface area contributed by atoms with Crippen molar-refractivity contribution in [2.24, 2.45) is 0 Å². The molecule has 1 aromatic carbocycles. The van der Waals surface area contributed by atoms with E-state index < -0.39 is 5.63 Å². The molecule has 1 aliphatic rings. The number of hydrogen-bond acceptors (Lipinski definition) is 5. The van der Waals surface area contributed by atoms with E-state index in [1.54, 1.807) is 24.3 Å². The standard InChI is InChI=1S/C17H20N2O4/c1-11-14(3-2-8-18-11)19-16(20)10-22-13-6-4-12-5-7-17(21)23-15(12)9-13/h4-7,9,11,14,18H,2-3,8,10H2,1H3,(H,19,20). The van der Waals surface area contributed by atoms with Gasteiger partial charge in [-0.1, -0.05) is 0 Å². The summed E-state index contributed by atoms with van der Waals surface area (Å²) in [7, 11) is 0. The lowest BCUT2D eigenvalue weighted by Crippen LogP contribution is -2.52. The molecule has 23 heavy (non-hydrogen) atoms. The lowest BCUT2D eigenvalue weighted by atomic mass is 10.00.